The molecule has 1 aromatic heterocycles. The van der Waals surface area contributed by atoms with Gasteiger partial charge in [0.15, 0.2) is 0 Å². The summed E-state index contributed by atoms with van der Waals surface area (Å²) in [7, 11) is 0. The second-order valence-corrected chi connectivity index (χ2v) is 4.15. The van der Waals surface area contributed by atoms with E-state index in [-0.39, 0.29) is 17.3 Å². The molecule has 2 heterocycles. The molecule has 1 fully saturated rings. The smallest absolute Gasteiger partial charge is 0.346 e. The summed E-state index contributed by atoms with van der Waals surface area (Å²) in [4.78, 5) is 9.93. The topological polar surface area (TPSA) is 93.1 Å². The molecule has 1 aliphatic rings. The number of piperidine rings is 1. The van der Waals surface area contributed by atoms with E-state index in [2.05, 4.69) is 15.5 Å². The third-order valence-electron chi connectivity index (χ3n) is 2.75. The molecule has 2 N–H and O–H groups in total. The van der Waals surface area contributed by atoms with Crippen LogP contribution in [0.1, 0.15) is 19.8 Å². The monoisotopic (exact) mass is 226 g/mol. The summed E-state index contributed by atoms with van der Waals surface area (Å²) in [6, 6.07) is 1.31. The Balaban J connectivity index is 2.04. The van der Waals surface area contributed by atoms with E-state index in [0.717, 1.165) is 25.9 Å². The van der Waals surface area contributed by atoms with Crippen LogP contribution in [0.4, 0.5) is 5.82 Å². The van der Waals surface area contributed by atoms with Crippen molar-refractivity contribution in [2.24, 2.45) is 0 Å². The van der Waals surface area contributed by atoms with Crippen LogP contribution in [0, 0.1) is 10.1 Å². The molecule has 0 radical (unpaired) electrons. The van der Waals surface area contributed by atoms with E-state index < -0.39 is 4.92 Å². The zero-order valence-corrected chi connectivity index (χ0v) is 9.02. The summed E-state index contributed by atoms with van der Waals surface area (Å²) in [5.74, 6) is 0.142. The van der Waals surface area contributed by atoms with Gasteiger partial charge < -0.3 is 20.2 Å². The summed E-state index contributed by atoms with van der Waals surface area (Å²) in [6.45, 7) is 3.78. The Labute approximate surface area is 92.3 Å². The zero-order chi connectivity index (χ0) is 11.6. The number of aromatic nitrogens is 2. The Morgan fingerprint density at radius 3 is 2.81 bits per heavy atom. The molecule has 2 rings (SSSR count). The quantitative estimate of drug-likeness (QED) is 0.588. The number of nitro groups is 1. The number of hydrogen-bond acceptors (Lipinski definition) is 5. The molecule has 1 aliphatic heterocycles. The van der Waals surface area contributed by atoms with E-state index in [0.29, 0.717) is 0 Å². The van der Waals surface area contributed by atoms with Gasteiger partial charge in [0.2, 0.25) is 0 Å². The van der Waals surface area contributed by atoms with E-state index in [1.807, 2.05) is 6.92 Å². The van der Waals surface area contributed by atoms with Crippen molar-refractivity contribution < 1.29 is 9.66 Å². The normalized spacial score (nSPS) is 19.3. The van der Waals surface area contributed by atoms with E-state index in [1.54, 1.807) is 0 Å². The first-order valence-corrected chi connectivity index (χ1v) is 5.19. The predicted octanol–water partition coefficient (Wildman–Crippen LogP) is 0.839. The highest BCUT2D eigenvalue weighted by molar-refractivity contribution is 5.25. The zero-order valence-electron chi connectivity index (χ0n) is 9.02. The molecule has 7 nitrogen and oxygen atoms in total. The van der Waals surface area contributed by atoms with Crippen LogP contribution in [0.5, 0.6) is 5.88 Å². The highest BCUT2D eigenvalue weighted by Crippen LogP contribution is 2.26. The maximum absolute atomic E-state index is 10.5. The Hall–Kier alpha value is -1.63. The molecule has 0 atom stereocenters. The van der Waals surface area contributed by atoms with E-state index in [9.17, 15) is 10.1 Å². The van der Waals surface area contributed by atoms with Crippen LogP contribution in [0.3, 0.4) is 0 Å². The number of H-pyrrole nitrogens is 1. The predicted molar refractivity (Wildman–Crippen MR) is 56.4 cm³/mol. The molecular formula is C9H14N4O3. The van der Waals surface area contributed by atoms with Gasteiger partial charge in [-0.3, -0.25) is 0 Å². The van der Waals surface area contributed by atoms with Crippen molar-refractivity contribution in [1.29, 1.82) is 0 Å². The number of aromatic amines is 1. The van der Waals surface area contributed by atoms with Crippen LogP contribution in [0.2, 0.25) is 0 Å². The molecule has 0 saturated carbocycles. The summed E-state index contributed by atoms with van der Waals surface area (Å²) in [5.41, 5.74) is -0.283. The molecule has 1 saturated heterocycles. The van der Waals surface area contributed by atoms with Crippen molar-refractivity contribution in [1.82, 2.24) is 15.5 Å². The molecule has 0 unspecified atom stereocenters. The van der Waals surface area contributed by atoms with Gasteiger partial charge in [-0.2, -0.15) is 0 Å². The molecule has 0 aromatic carbocycles. The first-order valence-electron chi connectivity index (χ1n) is 5.19. The Kier molecular flexibility index (Phi) is 2.78. The van der Waals surface area contributed by atoms with Crippen LogP contribution in [-0.2, 0) is 0 Å². The summed E-state index contributed by atoms with van der Waals surface area (Å²) in [6.07, 6.45) is 1.74. The molecule has 16 heavy (non-hydrogen) atoms. The lowest BCUT2D eigenvalue weighted by Crippen LogP contribution is -2.43. The van der Waals surface area contributed by atoms with E-state index in [4.69, 9.17) is 4.74 Å². The third-order valence-corrected chi connectivity index (χ3v) is 2.75. The van der Waals surface area contributed by atoms with E-state index in [1.165, 1.54) is 6.07 Å². The average Bonchev–Trinajstić information content (AvgIpc) is 2.66. The first-order chi connectivity index (χ1) is 7.59. The van der Waals surface area contributed by atoms with Gasteiger partial charge in [0.1, 0.15) is 5.60 Å². The summed E-state index contributed by atoms with van der Waals surface area (Å²) in [5, 5.41) is 19.8. The summed E-state index contributed by atoms with van der Waals surface area (Å²) >= 11 is 0. The lowest BCUT2D eigenvalue weighted by atomic mass is 9.95. The maximum Gasteiger partial charge on any atom is 0.346 e. The second-order valence-electron chi connectivity index (χ2n) is 4.15. The SMILES string of the molecule is CC1(Oc2cc([N+](=O)[O-])[nH]n2)CCNCC1. The van der Waals surface area contributed by atoms with Gasteiger partial charge in [0, 0.05) is 0 Å². The molecule has 0 amide bonds. The largest absolute Gasteiger partial charge is 0.469 e. The number of hydrogen-bond donors (Lipinski definition) is 2. The van der Waals surface area contributed by atoms with Gasteiger partial charge >= 0.3 is 5.82 Å². The Morgan fingerprint density at radius 1 is 1.56 bits per heavy atom. The van der Waals surface area contributed by atoms with Gasteiger partial charge in [-0.05, 0) is 42.9 Å². The first kappa shape index (κ1) is 10.9. The lowest BCUT2D eigenvalue weighted by molar-refractivity contribution is -0.389. The molecule has 88 valence electrons. The highest BCUT2D eigenvalue weighted by Gasteiger charge is 2.30. The van der Waals surface area contributed by atoms with Crippen LogP contribution < -0.4 is 10.1 Å². The minimum Gasteiger partial charge on any atom is -0.469 e. The minimum absolute atomic E-state index is 0.146. The van der Waals surface area contributed by atoms with Gasteiger partial charge in [-0.25, -0.2) is 0 Å². The summed E-state index contributed by atoms with van der Waals surface area (Å²) < 4.78 is 5.69. The number of ether oxygens (including phenoxy) is 1. The highest BCUT2D eigenvalue weighted by atomic mass is 16.6. The molecule has 0 bridgehead atoms. The standard InChI is InChI=1S/C9H14N4O3/c1-9(2-4-10-5-3-9)16-8-6-7(11-12-8)13(14)15/h6,10H,2-5H2,1H3,(H,11,12). The molecular weight excluding hydrogens is 212 g/mol. The lowest BCUT2D eigenvalue weighted by Gasteiger charge is -2.33. The van der Waals surface area contributed by atoms with Crippen molar-refractivity contribution >= 4 is 5.82 Å². The molecule has 7 heteroatoms. The van der Waals surface area contributed by atoms with Crippen molar-refractivity contribution in [2.45, 2.75) is 25.4 Å². The maximum atomic E-state index is 10.5. The van der Waals surface area contributed by atoms with Gasteiger partial charge in [-0.1, -0.05) is 0 Å². The average molecular weight is 226 g/mol. The van der Waals surface area contributed by atoms with Crippen LogP contribution in [-0.4, -0.2) is 33.8 Å². The van der Waals surface area contributed by atoms with Crippen molar-refractivity contribution in [3.05, 3.63) is 16.2 Å². The molecule has 0 aliphatic carbocycles. The number of rotatable bonds is 3. The van der Waals surface area contributed by atoms with Crippen LogP contribution >= 0.6 is 0 Å². The van der Waals surface area contributed by atoms with E-state index >= 15 is 0 Å². The fraction of sp³-hybridized carbons (Fsp3) is 0.667. The van der Waals surface area contributed by atoms with Gasteiger partial charge in [-0.15, -0.1) is 5.10 Å². The fourth-order valence-electron chi connectivity index (χ4n) is 1.75. The number of nitrogens with zero attached hydrogens (tertiary/aromatic N) is 2. The van der Waals surface area contributed by atoms with Crippen LogP contribution in [0.25, 0.3) is 0 Å². The minimum atomic E-state index is -0.523. The third kappa shape index (κ3) is 2.30. The Morgan fingerprint density at radius 2 is 2.25 bits per heavy atom. The van der Waals surface area contributed by atoms with Crippen molar-refractivity contribution in [2.75, 3.05) is 13.1 Å². The van der Waals surface area contributed by atoms with Crippen LogP contribution in [0.15, 0.2) is 6.07 Å². The van der Waals surface area contributed by atoms with Crippen molar-refractivity contribution in [3.63, 3.8) is 0 Å². The molecule has 1 aromatic rings. The Bertz CT molecular complexity index is 384. The van der Waals surface area contributed by atoms with Gasteiger partial charge in [0.25, 0.3) is 5.88 Å². The van der Waals surface area contributed by atoms with Crippen molar-refractivity contribution in [3.8, 4) is 5.88 Å². The second kappa shape index (κ2) is 4.09. The fourth-order valence-corrected chi connectivity index (χ4v) is 1.75. The van der Waals surface area contributed by atoms with Gasteiger partial charge in [0.05, 0.1) is 6.07 Å². The number of nitrogens with one attached hydrogen (secondary N) is 2. The molecule has 0 spiro atoms.